The Labute approximate surface area is 195 Å². The molecule has 0 saturated carbocycles. The molecule has 1 saturated heterocycles. The smallest absolute Gasteiger partial charge is 0.272 e. The van der Waals surface area contributed by atoms with Gasteiger partial charge in [-0.05, 0) is 56.6 Å². The van der Waals surface area contributed by atoms with Crippen molar-refractivity contribution < 1.29 is 4.39 Å². The van der Waals surface area contributed by atoms with Crippen LogP contribution in [0.15, 0.2) is 49.1 Å². The molecule has 172 valence electrons. The summed E-state index contributed by atoms with van der Waals surface area (Å²) in [6.45, 7) is 6.03. The zero-order valence-electron chi connectivity index (χ0n) is 18.8. The van der Waals surface area contributed by atoms with Gasteiger partial charge in [-0.2, -0.15) is 14.7 Å². The predicted molar refractivity (Wildman–Crippen MR) is 125 cm³/mol. The van der Waals surface area contributed by atoms with E-state index in [0.717, 1.165) is 35.1 Å². The van der Waals surface area contributed by atoms with Gasteiger partial charge in [0.15, 0.2) is 12.0 Å². The highest BCUT2D eigenvalue weighted by Crippen LogP contribution is 2.29. The fourth-order valence-corrected chi connectivity index (χ4v) is 4.45. The molecule has 5 heterocycles. The number of hydrogen-bond acceptors (Lipinski definition) is 7. The SMILES string of the molecule is Cc1cnc2nnc(C(F)c3ccc4ncc(-c5cnn(CCN6CCCC6)c5)cc4c3)n2n1. The Kier molecular flexibility index (Phi) is 5.21. The van der Waals surface area contributed by atoms with Gasteiger partial charge in [0.1, 0.15) is 0 Å². The van der Waals surface area contributed by atoms with Crippen LogP contribution in [0.5, 0.6) is 0 Å². The number of alkyl halides is 1. The number of halogens is 1. The number of rotatable bonds is 6. The van der Waals surface area contributed by atoms with Gasteiger partial charge in [0.2, 0.25) is 0 Å². The van der Waals surface area contributed by atoms with Crippen LogP contribution < -0.4 is 0 Å². The third-order valence-corrected chi connectivity index (χ3v) is 6.31. The van der Waals surface area contributed by atoms with Crippen molar-refractivity contribution >= 4 is 16.7 Å². The maximum atomic E-state index is 15.5. The van der Waals surface area contributed by atoms with Crippen molar-refractivity contribution in [3.05, 3.63) is 66.1 Å². The molecule has 1 aromatic carbocycles. The van der Waals surface area contributed by atoms with Crippen molar-refractivity contribution in [3.8, 4) is 11.1 Å². The lowest BCUT2D eigenvalue weighted by Gasteiger charge is -2.13. The van der Waals surface area contributed by atoms with E-state index in [1.54, 1.807) is 25.3 Å². The Morgan fingerprint density at radius 3 is 2.74 bits per heavy atom. The second-order valence-corrected chi connectivity index (χ2v) is 8.75. The lowest BCUT2D eigenvalue weighted by atomic mass is 10.0. The number of pyridine rings is 1. The highest BCUT2D eigenvalue weighted by atomic mass is 19.1. The van der Waals surface area contributed by atoms with Crippen molar-refractivity contribution in [1.29, 1.82) is 0 Å². The van der Waals surface area contributed by atoms with Gasteiger partial charge >= 0.3 is 0 Å². The molecule has 0 N–H and O–H groups in total. The number of fused-ring (bicyclic) bond motifs is 2. The number of hydrogen-bond donors (Lipinski definition) is 0. The van der Waals surface area contributed by atoms with Crippen LogP contribution in [0.4, 0.5) is 4.39 Å². The Morgan fingerprint density at radius 1 is 0.971 bits per heavy atom. The normalized spacial score (nSPS) is 15.5. The monoisotopic (exact) mass is 457 g/mol. The van der Waals surface area contributed by atoms with E-state index in [0.29, 0.717) is 11.3 Å². The van der Waals surface area contributed by atoms with Crippen LogP contribution in [0.25, 0.3) is 27.8 Å². The first-order chi connectivity index (χ1) is 16.6. The molecular weight excluding hydrogens is 433 g/mol. The Morgan fingerprint density at radius 2 is 1.85 bits per heavy atom. The van der Waals surface area contributed by atoms with Gasteiger partial charge in [-0.15, -0.1) is 10.2 Å². The summed E-state index contributed by atoms with van der Waals surface area (Å²) in [5, 5.41) is 17.6. The number of benzene rings is 1. The van der Waals surface area contributed by atoms with E-state index >= 15 is 4.39 Å². The van der Waals surface area contributed by atoms with E-state index in [-0.39, 0.29) is 11.6 Å². The molecule has 9 nitrogen and oxygen atoms in total. The summed E-state index contributed by atoms with van der Waals surface area (Å²) >= 11 is 0. The second-order valence-electron chi connectivity index (χ2n) is 8.75. The van der Waals surface area contributed by atoms with Gasteiger partial charge in [0, 0.05) is 35.5 Å². The molecule has 1 fully saturated rings. The fourth-order valence-electron chi connectivity index (χ4n) is 4.45. The number of aromatic nitrogens is 8. The van der Waals surface area contributed by atoms with E-state index in [1.165, 1.54) is 30.4 Å². The van der Waals surface area contributed by atoms with Crippen LogP contribution in [0.3, 0.4) is 0 Å². The molecular formula is C24H24FN9. The molecule has 0 radical (unpaired) electrons. The average molecular weight is 458 g/mol. The molecule has 1 aliphatic heterocycles. The molecule has 0 spiro atoms. The van der Waals surface area contributed by atoms with Gasteiger partial charge in [0.25, 0.3) is 5.78 Å². The summed E-state index contributed by atoms with van der Waals surface area (Å²) in [6.07, 6.45) is 8.40. The predicted octanol–water partition coefficient (Wildman–Crippen LogP) is 3.39. The Bertz CT molecular complexity index is 1470. The first-order valence-corrected chi connectivity index (χ1v) is 11.5. The van der Waals surface area contributed by atoms with E-state index in [2.05, 4.69) is 35.3 Å². The fraction of sp³-hybridized carbons (Fsp3) is 0.333. The van der Waals surface area contributed by atoms with Gasteiger partial charge in [0.05, 0.1) is 30.1 Å². The number of nitrogens with zero attached hydrogens (tertiary/aromatic N) is 9. The molecule has 1 atom stereocenters. The van der Waals surface area contributed by atoms with Crippen LogP contribution in [-0.2, 0) is 6.54 Å². The lowest BCUT2D eigenvalue weighted by Crippen LogP contribution is -2.24. The van der Waals surface area contributed by atoms with Crippen molar-refractivity contribution in [2.75, 3.05) is 19.6 Å². The molecule has 4 aromatic heterocycles. The van der Waals surface area contributed by atoms with Crippen LogP contribution in [-0.4, -0.2) is 64.1 Å². The van der Waals surface area contributed by atoms with Crippen LogP contribution in [0.2, 0.25) is 0 Å². The Balaban J connectivity index is 1.27. The highest BCUT2D eigenvalue weighted by Gasteiger charge is 2.21. The molecule has 1 aliphatic rings. The van der Waals surface area contributed by atoms with Crippen LogP contribution in [0.1, 0.15) is 36.1 Å². The minimum absolute atomic E-state index is 0.106. The van der Waals surface area contributed by atoms with Crippen molar-refractivity contribution in [1.82, 2.24) is 44.5 Å². The zero-order chi connectivity index (χ0) is 23.1. The Hall–Kier alpha value is -3.79. The third-order valence-electron chi connectivity index (χ3n) is 6.31. The van der Waals surface area contributed by atoms with Gasteiger partial charge in [-0.25, -0.2) is 9.37 Å². The largest absolute Gasteiger partial charge is 0.301 e. The molecule has 1 unspecified atom stereocenters. The molecule has 10 heteroatoms. The average Bonchev–Trinajstić information content (AvgIpc) is 3.62. The topological polar surface area (TPSA) is 89.9 Å². The molecule has 0 bridgehead atoms. The van der Waals surface area contributed by atoms with Crippen molar-refractivity contribution in [2.45, 2.75) is 32.5 Å². The van der Waals surface area contributed by atoms with Crippen LogP contribution in [0, 0.1) is 6.92 Å². The minimum Gasteiger partial charge on any atom is -0.301 e. The van der Waals surface area contributed by atoms with E-state index in [1.807, 2.05) is 35.4 Å². The summed E-state index contributed by atoms with van der Waals surface area (Å²) < 4.78 is 18.8. The number of likely N-dealkylation sites (tertiary alicyclic amines) is 1. The summed E-state index contributed by atoms with van der Waals surface area (Å²) in [4.78, 5) is 11.2. The standard InChI is InChI=1S/C24H24FN9/c1-16-12-27-24-30-29-23(34(24)31-16)22(25)17-4-5-21-18(10-17)11-19(13-26-21)20-14-28-33(15-20)9-8-32-6-2-3-7-32/h4-5,10-15,22H,2-3,6-9H2,1H3. The van der Waals surface area contributed by atoms with E-state index < -0.39 is 6.17 Å². The first-order valence-electron chi connectivity index (χ1n) is 11.5. The minimum atomic E-state index is -1.49. The first kappa shape index (κ1) is 20.8. The lowest BCUT2D eigenvalue weighted by molar-refractivity contribution is 0.316. The summed E-state index contributed by atoms with van der Waals surface area (Å²) in [5.41, 5.74) is 3.86. The molecule has 34 heavy (non-hydrogen) atoms. The zero-order valence-corrected chi connectivity index (χ0v) is 18.8. The molecule has 6 rings (SSSR count). The summed E-state index contributed by atoms with van der Waals surface area (Å²) in [5.74, 6) is 0.378. The van der Waals surface area contributed by atoms with Gasteiger partial charge in [-0.1, -0.05) is 6.07 Å². The van der Waals surface area contributed by atoms with Crippen molar-refractivity contribution in [2.24, 2.45) is 0 Å². The molecule has 0 amide bonds. The summed E-state index contributed by atoms with van der Waals surface area (Å²) in [7, 11) is 0. The number of aryl methyl sites for hydroxylation is 1. The van der Waals surface area contributed by atoms with Gasteiger partial charge in [-0.3, -0.25) is 9.67 Å². The molecule has 0 aliphatic carbocycles. The quantitative estimate of drug-likeness (QED) is 0.386. The highest BCUT2D eigenvalue weighted by molar-refractivity contribution is 5.84. The molecule has 5 aromatic rings. The van der Waals surface area contributed by atoms with Crippen molar-refractivity contribution in [3.63, 3.8) is 0 Å². The van der Waals surface area contributed by atoms with Crippen LogP contribution >= 0.6 is 0 Å². The summed E-state index contributed by atoms with van der Waals surface area (Å²) in [6, 6.07) is 7.37. The van der Waals surface area contributed by atoms with E-state index in [9.17, 15) is 0 Å². The maximum absolute atomic E-state index is 15.5. The third kappa shape index (κ3) is 3.90. The van der Waals surface area contributed by atoms with E-state index in [4.69, 9.17) is 0 Å². The maximum Gasteiger partial charge on any atom is 0.272 e. The second kappa shape index (κ2) is 8.53. The van der Waals surface area contributed by atoms with Gasteiger partial charge < -0.3 is 4.90 Å².